The number of pyridine rings is 1. The summed E-state index contributed by atoms with van der Waals surface area (Å²) in [6, 6.07) is 4.49. The van der Waals surface area contributed by atoms with Gasteiger partial charge in [-0.1, -0.05) is 0 Å². The third-order valence-electron chi connectivity index (χ3n) is 8.29. The summed E-state index contributed by atoms with van der Waals surface area (Å²) >= 11 is 0. The Morgan fingerprint density at radius 2 is 1.87 bits per heavy atom. The Bertz CT molecular complexity index is 1930. The molecule has 2 amide bonds. The average Bonchev–Trinajstić information content (AvgIpc) is 3.67. The van der Waals surface area contributed by atoms with Crippen LogP contribution in [0.5, 0.6) is 11.5 Å². The molecule has 1 unspecified atom stereocenters. The van der Waals surface area contributed by atoms with Crippen molar-refractivity contribution in [1.29, 1.82) is 0 Å². The summed E-state index contributed by atoms with van der Waals surface area (Å²) in [6.45, 7) is -0.891. The first kappa shape index (κ1) is 31.1. The predicted molar refractivity (Wildman–Crippen MR) is 148 cm³/mol. The van der Waals surface area contributed by atoms with Gasteiger partial charge in [0.15, 0.2) is 11.6 Å². The number of primary amides is 1. The van der Waals surface area contributed by atoms with Crippen molar-refractivity contribution in [2.45, 2.75) is 43.0 Å². The van der Waals surface area contributed by atoms with Crippen LogP contribution in [0.2, 0.25) is 0 Å². The van der Waals surface area contributed by atoms with E-state index in [-0.39, 0.29) is 22.9 Å². The van der Waals surface area contributed by atoms with Crippen molar-refractivity contribution in [1.82, 2.24) is 20.1 Å². The fourth-order valence-electron chi connectivity index (χ4n) is 5.29. The van der Waals surface area contributed by atoms with Crippen molar-refractivity contribution in [2.24, 2.45) is 5.73 Å². The van der Waals surface area contributed by atoms with Gasteiger partial charge in [0.1, 0.15) is 40.5 Å². The van der Waals surface area contributed by atoms with Crippen LogP contribution in [0, 0.1) is 17.5 Å². The summed E-state index contributed by atoms with van der Waals surface area (Å²) in [5.41, 5.74) is -3.83. The second-order valence-electron chi connectivity index (χ2n) is 11.4. The molecular formula is C30H25F6N5O5. The van der Waals surface area contributed by atoms with E-state index in [1.165, 1.54) is 26.2 Å². The number of fused-ring (bicyclic) bond motifs is 2. The largest absolute Gasteiger partial charge is 0.494 e. The van der Waals surface area contributed by atoms with Crippen LogP contribution >= 0.6 is 0 Å². The molecule has 4 aromatic rings. The van der Waals surface area contributed by atoms with Gasteiger partial charge in [0.05, 0.1) is 31.0 Å². The second-order valence-corrected chi connectivity index (χ2v) is 11.4. The van der Waals surface area contributed by atoms with E-state index in [4.69, 9.17) is 15.2 Å². The Hall–Kier alpha value is -4.86. The van der Waals surface area contributed by atoms with Crippen molar-refractivity contribution in [2.75, 3.05) is 20.3 Å². The number of halogens is 6. The molecule has 1 aliphatic carbocycles. The lowest BCUT2D eigenvalue weighted by atomic mass is 9.81. The number of ether oxygens (including phenoxy) is 2. The molecule has 0 bridgehead atoms. The molecule has 46 heavy (non-hydrogen) atoms. The van der Waals surface area contributed by atoms with Crippen LogP contribution in [0.3, 0.4) is 0 Å². The number of aliphatic hydroxyl groups is 1. The van der Waals surface area contributed by atoms with Crippen molar-refractivity contribution in [3.8, 4) is 22.8 Å². The molecule has 242 valence electrons. The predicted octanol–water partition coefficient (Wildman–Crippen LogP) is 4.17. The van der Waals surface area contributed by atoms with Crippen LogP contribution in [0.1, 0.15) is 47.4 Å². The SMILES string of the molecule is COc1cc(C(=O)NCC(O)(c2cc3c(c(-c4c(F)ccc(F)c4F)n2)OC[C@]3(C)C(N)=O)C(F)(F)F)cc2cn(C3CC3)nc12. The summed E-state index contributed by atoms with van der Waals surface area (Å²) in [5, 5.41) is 18.2. The van der Waals surface area contributed by atoms with Gasteiger partial charge in [-0.2, -0.15) is 18.3 Å². The topological polar surface area (TPSA) is 142 Å². The normalized spacial score (nSPS) is 19.0. The van der Waals surface area contributed by atoms with Gasteiger partial charge in [-0.25, -0.2) is 18.2 Å². The minimum atomic E-state index is -5.56. The summed E-state index contributed by atoms with van der Waals surface area (Å²) in [4.78, 5) is 29.3. The maximum atomic E-state index is 14.9. The highest BCUT2D eigenvalue weighted by Crippen LogP contribution is 2.48. The molecule has 3 heterocycles. The minimum Gasteiger partial charge on any atom is -0.494 e. The Kier molecular flexibility index (Phi) is 7.18. The van der Waals surface area contributed by atoms with Gasteiger partial charge < -0.3 is 25.6 Å². The zero-order valence-electron chi connectivity index (χ0n) is 24.1. The summed E-state index contributed by atoms with van der Waals surface area (Å²) in [6.07, 6.45) is -2.05. The van der Waals surface area contributed by atoms with Crippen molar-refractivity contribution >= 4 is 22.7 Å². The van der Waals surface area contributed by atoms with E-state index >= 15 is 0 Å². The molecule has 6 rings (SSSR count). The molecule has 2 aromatic carbocycles. The van der Waals surface area contributed by atoms with Crippen molar-refractivity contribution < 1.29 is 50.5 Å². The quantitative estimate of drug-likeness (QED) is 0.192. The monoisotopic (exact) mass is 649 g/mol. The van der Waals surface area contributed by atoms with Gasteiger partial charge in [0.2, 0.25) is 11.5 Å². The number of methoxy groups -OCH3 is 1. The highest BCUT2D eigenvalue weighted by Gasteiger charge is 2.58. The molecule has 2 aromatic heterocycles. The Morgan fingerprint density at radius 1 is 1.17 bits per heavy atom. The molecule has 0 spiro atoms. The van der Waals surface area contributed by atoms with Crippen LogP contribution in [0.15, 0.2) is 36.5 Å². The minimum absolute atomic E-state index is 0.120. The average molecular weight is 650 g/mol. The number of carbonyl (C=O) groups is 2. The van der Waals surface area contributed by atoms with Crippen LogP contribution in [-0.2, 0) is 15.8 Å². The number of rotatable bonds is 8. The Labute approximate surface area is 256 Å². The van der Waals surface area contributed by atoms with Gasteiger partial charge in [-0.05, 0) is 50.1 Å². The second kappa shape index (κ2) is 10.6. The number of carbonyl (C=O) groups excluding carboxylic acids is 2. The molecule has 4 N–H and O–H groups in total. The fraction of sp³-hybridized carbons (Fsp3) is 0.333. The van der Waals surface area contributed by atoms with E-state index in [2.05, 4.69) is 10.1 Å². The van der Waals surface area contributed by atoms with Gasteiger partial charge in [0.25, 0.3) is 5.91 Å². The molecular weight excluding hydrogens is 624 g/mol. The van der Waals surface area contributed by atoms with Gasteiger partial charge >= 0.3 is 6.18 Å². The smallest absolute Gasteiger partial charge is 0.424 e. The van der Waals surface area contributed by atoms with Crippen LogP contribution in [-0.4, -0.2) is 58.1 Å². The molecule has 1 fully saturated rings. The molecule has 16 heteroatoms. The van der Waals surface area contributed by atoms with Gasteiger partial charge in [-0.3, -0.25) is 14.3 Å². The number of nitrogens with two attached hydrogens (primary N) is 1. The zero-order valence-corrected chi connectivity index (χ0v) is 24.1. The highest BCUT2D eigenvalue weighted by atomic mass is 19.4. The number of hydrogen-bond acceptors (Lipinski definition) is 7. The fourth-order valence-corrected chi connectivity index (χ4v) is 5.29. The first-order valence-corrected chi connectivity index (χ1v) is 13.9. The van der Waals surface area contributed by atoms with Crippen LogP contribution in [0.25, 0.3) is 22.2 Å². The molecule has 1 aliphatic heterocycles. The van der Waals surface area contributed by atoms with E-state index in [0.717, 1.165) is 12.8 Å². The number of alkyl halides is 3. The first-order valence-electron chi connectivity index (χ1n) is 13.9. The Balaban J connectivity index is 1.44. The lowest BCUT2D eigenvalue weighted by Crippen LogP contribution is -2.51. The lowest BCUT2D eigenvalue weighted by Gasteiger charge is -2.31. The maximum Gasteiger partial charge on any atom is 0.424 e. The number of benzene rings is 2. The molecule has 10 nitrogen and oxygen atoms in total. The summed E-state index contributed by atoms with van der Waals surface area (Å²) in [7, 11) is 1.33. The standard InChI is InChI=1S/C30H25F6N5O5/c1-28(27(37)43)12-46-25-16(28)9-20(39-24(25)21-17(31)5-6-18(32)22(21)33)29(44,30(34,35)36)11-38-26(42)13-7-14-10-41(15-3-4-15)40-23(14)19(8-13)45-2/h5-10,15,44H,3-4,11-12H2,1-2H3,(H2,37,43)(H,38,42)/t28-,29?/m0/s1. The molecule has 0 saturated heterocycles. The van der Waals surface area contributed by atoms with Crippen LogP contribution < -0.4 is 20.5 Å². The number of hydrogen-bond donors (Lipinski definition) is 3. The zero-order chi connectivity index (χ0) is 33.3. The van der Waals surface area contributed by atoms with E-state index in [0.29, 0.717) is 29.1 Å². The third-order valence-corrected chi connectivity index (χ3v) is 8.29. The summed E-state index contributed by atoms with van der Waals surface area (Å²) < 4.78 is 101. The number of aromatic nitrogens is 3. The summed E-state index contributed by atoms with van der Waals surface area (Å²) in [5.74, 6) is -7.25. The molecule has 1 saturated carbocycles. The van der Waals surface area contributed by atoms with Crippen LogP contribution in [0.4, 0.5) is 26.3 Å². The lowest BCUT2D eigenvalue weighted by molar-refractivity contribution is -0.265. The van der Waals surface area contributed by atoms with Gasteiger partial charge in [0, 0.05) is 22.7 Å². The maximum absolute atomic E-state index is 14.9. The number of amides is 2. The highest BCUT2D eigenvalue weighted by molar-refractivity contribution is 6.00. The molecule has 0 radical (unpaired) electrons. The van der Waals surface area contributed by atoms with Crippen molar-refractivity contribution in [3.63, 3.8) is 0 Å². The first-order chi connectivity index (χ1) is 21.6. The van der Waals surface area contributed by atoms with Gasteiger partial charge in [-0.15, -0.1) is 0 Å². The Morgan fingerprint density at radius 3 is 2.50 bits per heavy atom. The molecule has 2 atom stereocenters. The van der Waals surface area contributed by atoms with Crippen molar-refractivity contribution in [3.05, 3.63) is 70.8 Å². The number of nitrogens with one attached hydrogen (secondary N) is 1. The van der Waals surface area contributed by atoms with E-state index in [1.54, 1.807) is 10.9 Å². The van der Waals surface area contributed by atoms with E-state index in [9.17, 15) is 41.0 Å². The third kappa shape index (κ3) is 4.87. The van der Waals surface area contributed by atoms with E-state index in [1.807, 2.05) is 5.32 Å². The van der Waals surface area contributed by atoms with E-state index < -0.39 is 82.3 Å². The molecule has 2 aliphatic rings. The number of nitrogens with zero attached hydrogens (tertiary/aromatic N) is 3.